The van der Waals surface area contributed by atoms with Crippen LogP contribution >= 0.6 is 0 Å². The SMILES string of the molecule is NCC1CCCN1C(=O)CN1C(=O)NC2(CCCC2)C1=O. The number of urea groups is 1. The zero-order chi connectivity index (χ0) is 15.0. The van der Waals surface area contributed by atoms with Crippen LogP contribution in [0.4, 0.5) is 4.79 Å². The summed E-state index contributed by atoms with van der Waals surface area (Å²) in [6.07, 6.45) is 5.06. The fourth-order valence-electron chi connectivity index (χ4n) is 3.77. The van der Waals surface area contributed by atoms with Gasteiger partial charge in [0.1, 0.15) is 12.1 Å². The summed E-state index contributed by atoms with van der Waals surface area (Å²) < 4.78 is 0. The largest absolute Gasteiger partial charge is 0.337 e. The summed E-state index contributed by atoms with van der Waals surface area (Å²) in [5.74, 6) is -0.414. The first-order chi connectivity index (χ1) is 10.1. The van der Waals surface area contributed by atoms with Crippen molar-refractivity contribution < 1.29 is 14.4 Å². The molecule has 7 heteroatoms. The van der Waals surface area contributed by atoms with Crippen molar-refractivity contribution >= 4 is 17.8 Å². The molecule has 116 valence electrons. The zero-order valence-corrected chi connectivity index (χ0v) is 12.1. The molecule has 1 atom stereocenters. The van der Waals surface area contributed by atoms with Gasteiger partial charge in [0.2, 0.25) is 5.91 Å². The molecule has 3 fully saturated rings. The maximum Gasteiger partial charge on any atom is 0.325 e. The Morgan fingerprint density at radius 3 is 2.67 bits per heavy atom. The van der Waals surface area contributed by atoms with Crippen molar-refractivity contribution in [2.24, 2.45) is 5.73 Å². The molecule has 3 rings (SSSR count). The van der Waals surface area contributed by atoms with Crippen molar-refractivity contribution in [1.82, 2.24) is 15.1 Å². The van der Waals surface area contributed by atoms with Crippen LogP contribution in [0.3, 0.4) is 0 Å². The standard InChI is InChI=1S/C14H22N4O3/c15-8-10-4-3-7-17(10)11(19)9-18-12(20)14(16-13(18)21)5-1-2-6-14/h10H,1-9,15H2,(H,16,21). The number of nitrogens with one attached hydrogen (secondary N) is 1. The molecule has 0 aromatic carbocycles. The highest BCUT2D eigenvalue weighted by molar-refractivity contribution is 6.09. The molecular weight excluding hydrogens is 272 g/mol. The van der Waals surface area contributed by atoms with Crippen LogP contribution < -0.4 is 11.1 Å². The van der Waals surface area contributed by atoms with Gasteiger partial charge in [-0.3, -0.25) is 14.5 Å². The van der Waals surface area contributed by atoms with Gasteiger partial charge in [0, 0.05) is 19.1 Å². The van der Waals surface area contributed by atoms with E-state index in [4.69, 9.17) is 5.73 Å². The van der Waals surface area contributed by atoms with Crippen LogP contribution in [0.15, 0.2) is 0 Å². The lowest BCUT2D eigenvalue weighted by molar-refractivity contribution is -0.139. The molecule has 21 heavy (non-hydrogen) atoms. The molecular formula is C14H22N4O3. The number of amides is 4. The van der Waals surface area contributed by atoms with E-state index in [9.17, 15) is 14.4 Å². The third kappa shape index (κ3) is 2.29. The van der Waals surface area contributed by atoms with Crippen molar-refractivity contribution in [2.75, 3.05) is 19.6 Å². The minimum atomic E-state index is -0.740. The molecule has 0 aromatic rings. The van der Waals surface area contributed by atoms with Crippen molar-refractivity contribution in [3.63, 3.8) is 0 Å². The molecule has 1 saturated carbocycles. The lowest BCUT2D eigenvalue weighted by Gasteiger charge is -2.25. The van der Waals surface area contributed by atoms with Crippen LogP contribution in [0.25, 0.3) is 0 Å². The number of likely N-dealkylation sites (tertiary alicyclic amines) is 1. The maximum absolute atomic E-state index is 12.5. The number of hydrogen-bond acceptors (Lipinski definition) is 4. The average Bonchev–Trinajstić information content (AvgIpc) is 3.16. The first kappa shape index (κ1) is 14.3. The van der Waals surface area contributed by atoms with E-state index in [1.165, 1.54) is 0 Å². The van der Waals surface area contributed by atoms with Gasteiger partial charge in [-0.15, -0.1) is 0 Å². The van der Waals surface area contributed by atoms with Gasteiger partial charge in [0.05, 0.1) is 0 Å². The number of carbonyl (C=O) groups excluding carboxylic acids is 3. The van der Waals surface area contributed by atoms with Gasteiger partial charge >= 0.3 is 6.03 Å². The smallest absolute Gasteiger partial charge is 0.325 e. The molecule has 1 spiro atoms. The molecule has 2 saturated heterocycles. The number of imide groups is 1. The zero-order valence-electron chi connectivity index (χ0n) is 12.1. The van der Waals surface area contributed by atoms with Gasteiger partial charge in [-0.1, -0.05) is 12.8 Å². The van der Waals surface area contributed by atoms with E-state index in [0.29, 0.717) is 25.9 Å². The summed E-state index contributed by atoms with van der Waals surface area (Å²) in [6.45, 7) is 0.925. The Hall–Kier alpha value is -1.63. The van der Waals surface area contributed by atoms with Gasteiger partial charge in [-0.25, -0.2) is 4.79 Å². The number of rotatable bonds is 3. The van der Waals surface area contributed by atoms with E-state index in [-0.39, 0.29) is 24.4 Å². The molecule has 1 aliphatic carbocycles. The van der Waals surface area contributed by atoms with Gasteiger partial charge < -0.3 is 16.0 Å². The first-order valence-electron chi connectivity index (χ1n) is 7.71. The molecule has 0 aromatic heterocycles. The highest BCUT2D eigenvalue weighted by Crippen LogP contribution is 2.35. The minimum absolute atomic E-state index is 0.0405. The summed E-state index contributed by atoms with van der Waals surface area (Å²) >= 11 is 0. The predicted molar refractivity (Wildman–Crippen MR) is 75.2 cm³/mol. The fraction of sp³-hybridized carbons (Fsp3) is 0.786. The first-order valence-corrected chi connectivity index (χ1v) is 7.71. The van der Waals surface area contributed by atoms with Crippen LogP contribution in [-0.4, -0.2) is 58.9 Å². The number of nitrogens with zero attached hydrogens (tertiary/aromatic N) is 2. The molecule has 3 N–H and O–H groups in total. The molecule has 2 aliphatic heterocycles. The Balaban J connectivity index is 1.68. The Morgan fingerprint density at radius 2 is 2.00 bits per heavy atom. The second-order valence-electron chi connectivity index (χ2n) is 6.23. The summed E-state index contributed by atoms with van der Waals surface area (Å²) in [5, 5.41) is 2.79. The Kier molecular flexibility index (Phi) is 3.61. The topological polar surface area (TPSA) is 95.7 Å². The quantitative estimate of drug-likeness (QED) is 0.705. The van der Waals surface area contributed by atoms with Crippen LogP contribution in [0.1, 0.15) is 38.5 Å². The van der Waals surface area contributed by atoms with Crippen molar-refractivity contribution in [2.45, 2.75) is 50.1 Å². The summed E-state index contributed by atoms with van der Waals surface area (Å²) in [4.78, 5) is 39.7. The lowest BCUT2D eigenvalue weighted by Crippen LogP contribution is -2.48. The molecule has 3 aliphatic rings. The summed E-state index contributed by atoms with van der Waals surface area (Å²) in [6, 6.07) is -0.391. The van der Waals surface area contributed by atoms with E-state index in [2.05, 4.69) is 5.32 Å². The lowest BCUT2D eigenvalue weighted by atomic mass is 9.98. The molecule has 7 nitrogen and oxygen atoms in total. The van der Waals surface area contributed by atoms with Gasteiger partial charge in [0.25, 0.3) is 5.91 Å². The van der Waals surface area contributed by atoms with Crippen LogP contribution in [0.5, 0.6) is 0 Å². The number of nitrogens with two attached hydrogens (primary N) is 1. The van der Waals surface area contributed by atoms with Crippen LogP contribution in [-0.2, 0) is 9.59 Å². The minimum Gasteiger partial charge on any atom is -0.337 e. The third-order valence-corrected chi connectivity index (χ3v) is 4.97. The van der Waals surface area contributed by atoms with Crippen molar-refractivity contribution in [3.8, 4) is 0 Å². The molecule has 1 unspecified atom stereocenters. The van der Waals surface area contributed by atoms with E-state index in [0.717, 1.165) is 30.6 Å². The monoisotopic (exact) mass is 294 g/mol. The Bertz CT molecular complexity index is 473. The highest BCUT2D eigenvalue weighted by Gasteiger charge is 2.53. The van der Waals surface area contributed by atoms with E-state index < -0.39 is 11.6 Å². The molecule has 0 radical (unpaired) electrons. The van der Waals surface area contributed by atoms with Crippen molar-refractivity contribution in [1.29, 1.82) is 0 Å². The molecule has 0 bridgehead atoms. The second kappa shape index (κ2) is 5.29. The third-order valence-electron chi connectivity index (χ3n) is 4.97. The average molecular weight is 294 g/mol. The summed E-state index contributed by atoms with van der Waals surface area (Å²) in [7, 11) is 0. The predicted octanol–water partition coefficient (Wildman–Crippen LogP) is -0.199. The highest BCUT2D eigenvalue weighted by atomic mass is 16.2. The van der Waals surface area contributed by atoms with Gasteiger partial charge in [0.15, 0.2) is 0 Å². The Labute approximate surface area is 123 Å². The van der Waals surface area contributed by atoms with Crippen LogP contribution in [0.2, 0.25) is 0 Å². The number of hydrogen-bond donors (Lipinski definition) is 2. The summed E-state index contributed by atoms with van der Waals surface area (Å²) in [5.41, 5.74) is 4.93. The maximum atomic E-state index is 12.5. The second-order valence-corrected chi connectivity index (χ2v) is 6.23. The van der Waals surface area contributed by atoms with Crippen molar-refractivity contribution in [3.05, 3.63) is 0 Å². The van der Waals surface area contributed by atoms with E-state index >= 15 is 0 Å². The van der Waals surface area contributed by atoms with Gasteiger partial charge in [-0.05, 0) is 25.7 Å². The normalized spacial score (nSPS) is 27.8. The molecule has 2 heterocycles. The Morgan fingerprint density at radius 1 is 1.29 bits per heavy atom. The molecule has 4 amide bonds. The van der Waals surface area contributed by atoms with Crippen LogP contribution in [0, 0.1) is 0 Å². The van der Waals surface area contributed by atoms with E-state index in [1.54, 1.807) is 4.90 Å². The van der Waals surface area contributed by atoms with E-state index in [1.807, 2.05) is 0 Å². The number of carbonyl (C=O) groups is 3. The fourth-order valence-corrected chi connectivity index (χ4v) is 3.77. The van der Waals surface area contributed by atoms with Gasteiger partial charge in [-0.2, -0.15) is 0 Å².